The Morgan fingerprint density at radius 1 is 1.21 bits per heavy atom. The minimum Gasteiger partial charge on any atom is -0.350 e. The SMILES string of the molecule is Cc1ccc2cc(CCNC(=O)c3ccccn3)c(=O)[nH]c2c1C. The van der Waals surface area contributed by atoms with Crippen LogP contribution in [0.3, 0.4) is 0 Å². The van der Waals surface area contributed by atoms with Crippen LogP contribution in [0.1, 0.15) is 27.2 Å². The Bertz CT molecular complexity index is 946. The number of nitrogens with zero attached hydrogens (tertiary/aromatic N) is 1. The van der Waals surface area contributed by atoms with E-state index in [2.05, 4.69) is 15.3 Å². The van der Waals surface area contributed by atoms with Gasteiger partial charge in [0, 0.05) is 18.3 Å². The number of carbonyl (C=O) groups is 1. The Kier molecular flexibility index (Phi) is 4.42. The topological polar surface area (TPSA) is 74.8 Å². The van der Waals surface area contributed by atoms with Gasteiger partial charge >= 0.3 is 0 Å². The summed E-state index contributed by atoms with van der Waals surface area (Å²) in [4.78, 5) is 31.2. The van der Waals surface area contributed by atoms with Gasteiger partial charge in [-0.1, -0.05) is 18.2 Å². The molecule has 5 heteroatoms. The Balaban J connectivity index is 1.74. The lowest BCUT2D eigenvalue weighted by atomic mass is 10.0. The molecule has 3 aromatic rings. The van der Waals surface area contributed by atoms with Gasteiger partial charge in [0.25, 0.3) is 11.5 Å². The van der Waals surface area contributed by atoms with Crippen LogP contribution in [0, 0.1) is 13.8 Å². The van der Waals surface area contributed by atoms with Crippen molar-refractivity contribution in [3.8, 4) is 0 Å². The zero-order valence-corrected chi connectivity index (χ0v) is 13.7. The Labute approximate surface area is 139 Å². The number of hydrogen-bond acceptors (Lipinski definition) is 3. The predicted molar refractivity (Wildman–Crippen MR) is 94.3 cm³/mol. The second-order valence-electron chi connectivity index (χ2n) is 5.82. The number of fused-ring (bicyclic) bond motifs is 1. The molecule has 0 aliphatic carbocycles. The van der Waals surface area contributed by atoms with E-state index in [0.29, 0.717) is 24.2 Å². The summed E-state index contributed by atoms with van der Waals surface area (Å²) in [5.74, 6) is -0.237. The van der Waals surface area contributed by atoms with Crippen molar-refractivity contribution >= 4 is 16.8 Å². The number of rotatable bonds is 4. The van der Waals surface area contributed by atoms with Gasteiger partial charge in [-0.3, -0.25) is 14.6 Å². The van der Waals surface area contributed by atoms with Crippen LogP contribution in [0.5, 0.6) is 0 Å². The summed E-state index contributed by atoms with van der Waals surface area (Å²) in [7, 11) is 0. The van der Waals surface area contributed by atoms with Crippen LogP contribution in [0.25, 0.3) is 10.9 Å². The van der Waals surface area contributed by atoms with Crippen LogP contribution in [0.2, 0.25) is 0 Å². The van der Waals surface area contributed by atoms with Crippen LogP contribution in [0.15, 0.2) is 47.4 Å². The number of aryl methyl sites for hydroxylation is 2. The molecule has 0 unspecified atom stereocenters. The average molecular weight is 321 g/mol. The number of H-pyrrole nitrogens is 1. The van der Waals surface area contributed by atoms with Gasteiger partial charge in [-0.25, -0.2) is 0 Å². The summed E-state index contributed by atoms with van der Waals surface area (Å²) in [6, 6.07) is 11.1. The molecule has 2 aromatic heterocycles. The van der Waals surface area contributed by atoms with Crippen molar-refractivity contribution in [1.29, 1.82) is 0 Å². The number of carbonyl (C=O) groups excluding carboxylic acids is 1. The normalized spacial score (nSPS) is 10.8. The summed E-state index contributed by atoms with van der Waals surface area (Å²) in [6.07, 6.45) is 2.05. The van der Waals surface area contributed by atoms with E-state index in [9.17, 15) is 9.59 Å². The fourth-order valence-electron chi connectivity index (χ4n) is 2.65. The predicted octanol–water partition coefficient (Wildman–Crippen LogP) is 2.51. The van der Waals surface area contributed by atoms with E-state index in [-0.39, 0.29) is 11.5 Å². The summed E-state index contributed by atoms with van der Waals surface area (Å²) in [6.45, 7) is 4.41. The van der Waals surface area contributed by atoms with E-state index in [0.717, 1.165) is 22.0 Å². The summed E-state index contributed by atoms with van der Waals surface area (Å²) >= 11 is 0. The molecule has 0 saturated heterocycles. The van der Waals surface area contributed by atoms with Crippen molar-refractivity contribution in [1.82, 2.24) is 15.3 Å². The van der Waals surface area contributed by atoms with Crippen LogP contribution >= 0.6 is 0 Å². The molecular weight excluding hydrogens is 302 g/mol. The molecular formula is C19H19N3O2. The lowest BCUT2D eigenvalue weighted by molar-refractivity contribution is 0.0949. The molecule has 0 spiro atoms. The minimum absolute atomic E-state index is 0.108. The highest BCUT2D eigenvalue weighted by Gasteiger charge is 2.08. The maximum atomic E-state index is 12.3. The third kappa shape index (κ3) is 3.20. The van der Waals surface area contributed by atoms with Crippen LogP contribution < -0.4 is 10.9 Å². The van der Waals surface area contributed by atoms with Crippen molar-refractivity contribution in [3.63, 3.8) is 0 Å². The third-order valence-corrected chi connectivity index (χ3v) is 4.21. The van der Waals surface area contributed by atoms with Crippen molar-refractivity contribution in [3.05, 3.63) is 75.3 Å². The number of pyridine rings is 2. The zero-order valence-electron chi connectivity index (χ0n) is 13.7. The lowest BCUT2D eigenvalue weighted by Gasteiger charge is -2.08. The molecule has 0 aliphatic rings. The third-order valence-electron chi connectivity index (χ3n) is 4.21. The van der Waals surface area contributed by atoms with Crippen molar-refractivity contribution in [2.75, 3.05) is 6.54 Å². The van der Waals surface area contributed by atoms with Gasteiger partial charge in [0.15, 0.2) is 0 Å². The molecule has 0 radical (unpaired) electrons. The van der Waals surface area contributed by atoms with Gasteiger partial charge in [-0.2, -0.15) is 0 Å². The second-order valence-corrected chi connectivity index (χ2v) is 5.82. The standard InChI is InChI=1S/C19H19N3O2/c1-12-6-7-14-11-15(18(23)22-17(14)13(12)2)8-10-21-19(24)16-5-3-4-9-20-16/h3-7,9,11H,8,10H2,1-2H3,(H,21,24)(H,22,23). The second kappa shape index (κ2) is 6.66. The molecule has 5 nitrogen and oxygen atoms in total. The van der Waals surface area contributed by atoms with E-state index >= 15 is 0 Å². The van der Waals surface area contributed by atoms with E-state index in [1.54, 1.807) is 24.4 Å². The first-order chi connectivity index (χ1) is 11.6. The largest absolute Gasteiger partial charge is 0.350 e. The Morgan fingerprint density at radius 3 is 2.79 bits per heavy atom. The van der Waals surface area contributed by atoms with Crippen molar-refractivity contribution < 1.29 is 4.79 Å². The smallest absolute Gasteiger partial charge is 0.269 e. The van der Waals surface area contributed by atoms with Gasteiger partial charge in [0.05, 0.1) is 5.52 Å². The molecule has 0 atom stereocenters. The van der Waals surface area contributed by atoms with E-state index < -0.39 is 0 Å². The molecule has 0 saturated carbocycles. The number of benzene rings is 1. The zero-order chi connectivity index (χ0) is 17.1. The molecule has 24 heavy (non-hydrogen) atoms. The Hall–Kier alpha value is -2.95. The molecule has 2 heterocycles. The van der Waals surface area contributed by atoms with Gasteiger partial charge < -0.3 is 10.3 Å². The maximum Gasteiger partial charge on any atom is 0.269 e. The Morgan fingerprint density at radius 2 is 2.04 bits per heavy atom. The van der Waals surface area contributed by atoms with Crippen molar-refractivity contribution in [2.24, 2.45) is 0 Å². The van der Waals surface area contributed by atoms with E-state index in [1.807, 2.05) is 32.0 Å². The van der Waals surface area contributed by atoms with Crippen LogP contribution in [0.4, 0.5) is 0 Å². The van der Waals surface area contributed by atoms with E-state index in [1.165, 1.54) is 0 Å². The highest BCUT2D eigenvalue weighted by molar-refractivity contribution is 5.92. The quantitative estimate of drug-likeness (QED) is 0.775. The van der Waals surface area contributed by atoms with E-state index in [4.69, 9.17) is 0 Å². The first kappa shape index (κ1) is 15.9. The van der Waals surface area contributed by atoms with Crippen LogP contribution in [-0.4, -0.2) is 22.4 Å². The summed E-state index contributed by atoms with van der Waals surface area (Å²) < 4.78 is 0. The fraction of sp³-hybridized carbons (Fsp3) is 0.211. The number of hydrogen-bond donors (Lipinski definition) is 2. The number of nitrogens with one attached hydrogen (secondary N) is 2. The van der Waals surface area contributed by atoms with Gasteiger partial charge in [-0.15, -0.1) is 0 Å². The number of amides is 1. The molecule has 0 aliphatic heterocycles. The average Bonchev–Trinajstić information content (AvgIpc) is 2.60. The summed E-state index contributed by atoms with van der Waals surface area (Å²) in [5, 5.41) is 3.79. The molecule has 3 rings (SSSR count). The minimum atomic E-state index is -0.237. The molecule has 0 fully saturated rings. The van der Waals surface area contributed by atoms with Crippen LogP contribution in [-0.2, 0) is 6.42 Å². The van der Waals surface area contributed by atoms with Crippen molar-refractivity contribution in [2.45, 2.75) is 20.3 Å². The van der Waals surface area contributed by atoms with Gasteiger partial charge in [0.1, 0.15) is 5.69 Å². The fourth-order valence-corrected chi connectivity index (χ4v) is 2.65. The highest BCUT2D eigenvalue weighted by atomic mass is 16.2. The summed E-state index contributed by atoms with van der Waals surface area (Å²) in [5.41, 5.74) is 4.03. The highest BCUT2D eigenvalue weighted by Crippen LogP contribution is 2.18. The lowest BCUT2D eigenvalue weighted by Crippen LogP contribution is -2.28. The number of aromatic amines is 1. The molecule has 1 aromatic carbocycles. The molecule has 122 valence electrons. The molecule has 2 N–H and O–H groups in total. The monoisotopic (exact) mass is 321 g/mol. The van der Waals surface area contributed by atoms with Gasteiger partial charge in [-0.05, 0) is 55.0 Å². The molecule has 1 amide bonds. The molecule has 0 bridgehead atoms. The number of aromatic nitrogens is 2. The first-order valence-electron chi connectivity index (χ1n) is 7.87. The first-order valence-corrected chi connectivity index (χ1v) is 7.87. The van der Waals surface area contributed by atoms with Gasteiger partial charge in [0.2, 0.25) is 0 Å². The maximum absolute atomic E-state index is 12.3.